The lowest BCUT2D eigenvalue weighted by Crippen LogP contribution is -2.45. The number of anilines is 6. The maximum atomic E-state index is 13.9. The van der Waals surface area contributed by atoms with Gasteiger partial charge in [-0.15, -0.1) is 0 Å². The van der Waals surface area contributed by atoms with Crippen molar-refractivity contribution >= 4 is 88.5 Å². The molecule has 5 rings (SSSR count). The van der Waals surface area contributed by atoms with E-state index in [1.807, 2.05) is 0 Å². The van der Waals surface area contributed by atoms with Crippen LogP contribution in [0.5, 0.6) is 0 Å². The Kier molecular flexibility index (Phi) is 8.91. The average molecular weight is 725 g/mol. The summed E-state index contributed by atoms with van der Waals surface area (Å²) in [5, 5.41) is 5.13. The Balaban J connectivity index is 1.59. The van der Waals surface area contributed by atoms with Gasteiger partial charge in [-0.2, -0.15) is 40.2 Å². The summed E-state index contributed by atoms with van der Waals surface area (Å²) in [4.78, 5) is 23.5. The predicted octanol–water partition coefficient (Wildman–Crippen LogP) is 2.50. The first-order chi connectivity index (χ1) is 21.9. The smallest absolute Gasteiger partial charge is 0.296 e. The summed E-state index contributed by atoms with van der Waals surface area (Å²) < 4.78 is 102. The van der Waals surface area contributed by atoms with Crippen LogP contribution in [0, 0.1) is 0 Å². The number of rotatable bonds is 10. The zero-order chi connectivity index (χ0) is 34.3. The third kappa shape index (κ3) is 7.64. The van der Waals surface area contributed by atoms with Gasteiger partial charge in [-0.25, -0.2) is 5.43 Å². The highest BCUT2D eigenvalue weighted by molar-refractivity contribution is 7.90. The summed E-state index contributed by atoms with van der Waals surface area (Å²) in [5.41, 5.74) is 9.93. The quantitative estimate of drug-likeness (QED) is 0.0662. The number of Topliss-reactive ketones (excluding diaryl/α,β-unsaturated/α-hetero) is 1. The largest absolute Gasteiger partial charge is 0.399 e. The number of nitrogen functional groups attached to an aromatic ring is 1. The van der Waals surface area contributed by atoms with Gasteiger partial charge in [0.2, 0.25) is 17.2 Å². The van der Waals surface area contributed by atoms with Crippen LogP contribution in [0.25, 0.3) is 6.08 Å². The highest BCUT2D eigenvalue weighted by Crippen LogP contribution is 2.36. The molecule has 0 amide bonds. The number of hydrogen-bond acceptors (Lipinski definition) is 15. The van der Waals surface area contributed by atoms with E-state index in [1.54, 1.807) is 24.3 Å². The second kappa shape index (κ2) is 12.5. The molecule has 246 valence electrons. The van der Waals surface area contributed by atoms with Gasteiger partial charge in [0.05, 0.1) is 26.7 Å². The van der Waals surface area contributed by atoms with Crippen LogP contribution in [0.15, 0.2) is 75.4 Å². The molecule has 9 N–H and O–H groups in total. The lowest BCUT2D eigenvalue weighted by atomic mass is 9.91. The van der Waals surface area contributed by atoms with Gasteiger partial charge in [0.15, 0.2) is 5.78 Å². The fourth-order valence-electron chi connectivity index (χ4n) is 4.37. The van der Waals surface area contributed by atoms with Gasteiger partial charge in [-0.1, -0.05) is 12.1 Å². The lowest BCUT2D eigenvalue weighted by Gasteiger charge is -2.27. The van der Waals surface area contributed by atoms with Crippen LogP contribution in [-0.2, 0) is 30.4 Å². The van der Waals surface area contributed by atoms with Gasteiger partial charge in [-0.05, 0) is 71.8 Å². The highest BCUT2D eigenvalue weighted by Gasteiger charge is 2.38. The molecule has 0 radical (unpaired) electrons. The molecule has 1 aromatic heterocycles. The van der Waals surface area contributed by atoms with Crippen LogP contribution in [0.1, 0.15) is 15.9 Å². The number of benzene rings is 3. The molecule has 0 saturated heterocycles. The van der Waals surface area contributed by atoms with Crippen molar-refractivity contribution in [2.45, 2.75) is 15.8 Å². The van der Waals surface area contributed by atoms with Gasteiger partial charge in [0.25, 0.3) is 30.4 Å². The minimum atomic E-state index is -5.19. The molecular weight excluding hydrogens is 704 g/mol. The molecule has 4 aromatic rings. The summed E-state index contributed by atoms with van der Waals surface area (Å²) >= 11 is 6.07. The second-order valence-corrected chi connectivity index (χ2v) is 14.2. The summed E-state index contributed by atoms with van der Waals surface area (Å²) in [5.74, 6) is -1.53. The van der Waals surface area contributed by atoms with E-state index in [0.717, 1.165) is 24.3 Å². The van der Waals surface area contributed by atoms with Crippen molar-refractivity contribution in [3.8, 4) is 0 Å². The van der Waals surface area contributed by atoms with E-state index in [-0.39, 0.29) is 39.7 Å². The predicted molar refractivity (Wildman–Crippen MR) is 169 cm³/mol. The third-order valence-corrected chi connectivity index (χ3v) is 9.23. The molecule has 1 aliphatic carbocycles. The Hall–Kier alpha value is -4.74. The topological polar surface area (TPSA) is 293 Å². The zero-order valence-corrected chi connectivity index (χ0v) is 26.4. The number of hydrazine groups is 1. The van der Waals surface area contributed by atoms with Crippen LogP contribution >= 0.6 is 11.6 Å². The standard InChI is InChI=1S/C25H21ClN8O10S3/c26-23-30-24(28-14-7-5-13(27)6-8-14)32-25(31-23)29-17-11-15(45(36,37)38)9-12-10-19(47(42,43)44)21(22(35)20(12)17)34-33-16-3-1-2-4-18(16)46(39,40)41/h1-11,21,33-34H,27H2,(H,36,37,38)(H,39,40,41)(H,42,43,44)(H2,28,29,30,31,32). The van der Waals surface area contributed by atoms with Crippen LogP contribution in [0.2, 0.25) is 5.28 Å². The van der Waals surface area contributed by atoms with Crippen molar-refractivity contribution in [1.82, 2.24) is 20.4 Å². The van der Waals surface area contributed by atoms with E-state index in [9.17, 15) is 43.7 Å². The molecule has 0 spiro atoms. The molecular formula is C25H21ClN8O10S3. The maximum absolute atomic E-state index is 13.9. The van der Waals surface area contributed by atoms with Gasteiger partial charge < -0.3 is 21.8 Å². The number of fused-ring (bicyclic) bond motifs is 1. The molecule has 0 bridgehead atoms. The molecule has 18 nitrogen and oxygen atoms in total. The molecule has 1 atom stereocenters. The molecule has 22 heteroatoms. The number of para-hydroxylation sites is 1. The van der Waals surface area contributed by atoms with E-state index in [0.29, 0.717) is 11.4 Å². The Morgan fingerprint density at radius 1 is 0.766 bits per heavy atom. The fourth-order valence-corrected chi connectivity index (χ4v) is 6.46. The van der Waals surface area contributed by atoms with Crippen molar-refractivity contribution in [3.63, 3.8) is 0 Å². The summed E-state index contributed by atoms with van der Waals surface area (Å²) in [6.45, 7) is 0. The number of aromatic nitrogens is 3. The third-order valence-electron chi connectivity index (χ3n) is 6.37. The second-order valence-electron chi connectivity index (χ2n) is 9.59. The van der Waals surface area contributed by atoms with Crippen molar-refractivity contribution in [1.29, 1.82) is 0 Å². The Labute approximate surface area is 271 Å². The lowest BCUT2D eigenvalue weighted by molar-refractivity contribution is 0.0963. The first-order valence-electron chi connectivity index (χ1n) is 12.7. The van der Waals surface area contributed by atoms with Crippen molar-refractivity contribution < 1.29 is 43.7 Å². The fraction of sp³-hybridized carbons (Fsp3) is 0.0400. The molecule has 1 unspecified atom stereocenters. The number of carbonyl (C=O) groups excluding carboxylic acids is 1. The number of nitrogens with zero attached hydrogens (tertiary/aromatic N) is 3. The minimum Gasteiger partial charge on any atom is -0.399 e. The molecule has 47 heavy (non-hydrogen) atoms. The van der Waals surface area contributed by atoms with Gasteiger partial charge >= 0.3 is 0 Å². The van der Waals surface area contributed by atoms with E-state index >= 15 is 0 Å². The van der Waals surface area contributed by atoms with Crippen molar-refractivity contribution in [3.05, 3.63) is 82.0 Å². The first-order valence-corrected chi connectivity index (χ1v) is 17.4. The number of nitrogens with one attached hydrogen (secondary N) is 4. The van der Waals surface area contributed by atoms with Gasteiger partial charge in [0.1, 0.15) is 10.9 Å². The SMILES string of the molecule is Nc1ccc(Nc2nc(Cl)nc(Nc3cc(S(=O)(=O)O)cc4c3C(=O)C(NNc3ccccc3S(=O)(=O)O)C(S(=O)(=O)O)=C4)n2)cc1. The zero-order valence-electron chi connectivity index (χ0n) is 23.1. The van der Waals surface area contributed by atoms with E-state index < -0.39 is 56.9 Å². The number of carbonyl (C=O) groups is 1. The van der Waals surface area contributed by atoms with Crippen molar-refractivity contribution in [2.24, 2.45) is 0 Å². The molecule has 0 aliphatic heterocycles. The Bertz CT molecular complexity index is 2290. The molecule has 1 heterocycles. The Morgan fingerprint density at radius 3 is 2.02 bits per heavy atom. The summed E-state index contributed by atoms with van der Waals surface area (Å²) in [7, 11) is -14.9. The number of hydrogen-bond donors (Lipinski definition) is 8. The maximum Gasteiger partial charge on any atom is 0.296 e. The summed E-state index contributed by atoms with van der Waals surface area (Å²) in [6, 6.07) is 10.9. The van der Waals surface area contributed by atoms with E-state index in [1.165, 1.54) is 18.2 Å². The number of ketones is 1. The molecule has 1 aliphatic rings. The van der Waals surface area contributed by atoms with Crippen LogP contribution in [0.3, 0.4) is 0 Å². The normalized spacial score (nSPS) is 15.0. The van der Waals surface area contributed by atoms with Gasteiger partial charge in [0, 0.05) is 11.4 Å². The average Bonchev–Trinajstić information content (AvgIpc) is 2.96. The molecule has 0 saturated carbocycles. The monoisotopic (exact) mass is 724 g/mol. The van der Waals surface area contributed by atoms with Crippen LogP contribution in [0.4, 0.5) is 34.6 Å². The molecule has 3 aromatic carbocycles. The Morgan fingerprint density at radius 2 is 1.40 bits per heavy atom. The van der Waals surface area contributed by atoms with E-state index in [2.05, 4.69) is 36.4 Å². The van der Waals surface area contributed by atoms with Crippen LogP contribution in [-0.4, -0.2) is 65.7 Å². The van der Waals surface area contributed by atoms with Gasteiger partial charge in [-0.3, -0.25) is 18.5 Å². The van der Waals surface area contributed by atoms with Crippen LogP contribution < -0.4 is 27.2 Å². The first kappa shape index (κ1) is 33.6. The minimum absolute atomic E-state index is 0.0989. The summed E-state index contributed by atoms with van der Waals surface area (Å²) in [6.07, 6.45) is 0.758. The highest BCUT2D eigenvalue weighted by atomic mass is 35.5. The molecule has 0 fully saturated rings. The van der Waals surface area contributed by atoms with E-state index in [4.69, 9.17) is 17.3 Å². The number of nitrogens with two attached hydrogens (primary N) is 1. The number of halogens is 1. The van der Waals surface area contributed by atoms with Crippen molar-refractivity contribution in [2.75, 3.05) is 21.8 Å².